The van der Waals surface area contributed by atoms with Crippen molar-refractivity contribution in [2.75, 3.05) is 0 Å². The quantitative estimate of drug-likeness (QED) is 0.161. The Balaban J connectivity index is 1.27. The molecule has 53 heavy (non-hydrogen) atoms. The van der Waals surface area contributed by atoms with Crippen molar-refractivity contribution in [1.82, 2.24) is 0 Å². The Morgan fingerprint density at radius 2 is 0.868 bits per heavy atom. The summed E-state index contributed by atoms with van der Waals surface area (Å²) in [7, 11) is 0. The molecule has 0 aromatic heterocycles. The van der Waals surface area contributed by atoms with E-state index >= 15 is 0 Å². The normalized spacial score (nSPS) is 13.9. The molecule has 244 valence electrons. The largest absolute Gasteiger partial charge is 0.0984 e. The van der Waals surface area contributed by atoms with Crippen LogP contribution in [0.3, 0.4) is 0 Å². The minimum absolute atomic E-state index is 0.456. The molecule has 0 saturated heterocycles. The smallest absolute Gasteiger partial charge is 0.0725 e. The Labute approximate surface area is 308 Å². The van der Waals surface area contributed by atoms with Crippen LogP contribution in [-0.4, -0.2) is 0 Å². The SMILES string of the molecule is C=Cc1c2c(cc3c1-c1ccccc1C31c3ccccc3-c3ccccc31)-c1c(cc3ccccc3c1-c1cc3ccccc3c3ccccc13)C2=C. The highest BCUT2D eigenvalue weighted by Crippen LogP contribution is 2.66. The number of rotatable bonds is 2. The fourth-order valence-corrected chi connectivity index (χ4v) is 10.5. The first-order valence-electron chi connectivity index (χ1n) is 18.5. The van der Waals surface area contributed by atoms with Crippen LogP contribution >= 0.6 is 0 Å². The molecule has 0 N–H and O–H groups in total. The summed E-state index contributed by atoms with van der Waals surface area (Å²) in [5, 5.41) is 7.53. The molecule has 0 atom stereocenters. The summed E-state index contributed by atoms with van der Waals surface area (Å²) >= 11 is 0. The van der Waals surface area contributed by atoms with Crippen LogP contribution in [0.25, 0.3) is 88.5 Å². The molecule has 0 amide bonds. The molecular weight excluding hydrogens is 637 g/mol. The Morgan fingerprint density at radius 3 is 1.55 bits per heavy atom. The third-order valence-corrected chi connectivity index (χ3v) is 12.5. The van der Waals surface area contributed by atoms with E-state index in [0.29, 0.717) is 0 Å². The minimum Gasteiger partial charge on any atom is -0.0984 e. The maximum atomic E-state index is 4.89. The third kappa shape index (κ3) is 3.42. The van der Waals surface area contributed by atoms with Gasteiger partial charge in [-0.25, -0.2) is 0 Å². The lowest BCUT2D eigenvalue weighted by molar-refractivity contribution is 0.794. The van der Waals surface area contributed by atoms with Crippen molar-refractivity contribution >= 4 is 44.0 Å². The highest BCUT2D eigenvalue weighted by atomic mass is 14.5. The molecule has 0 saturated carbocycles. The van der Waals surface area contributed by atoms with Gasteiger partial charge in [0, 0.05) is 0 Å². The Kier molecular flexibility index (Phi) is 5.55. The number of fused-ring (bicyclic) bond motifs is 17. The summed E-state index contributed by atoms with van der Waals surface area (Å²) in [6.45, 7) is 9.42. The van der Waals surface area contributed by atoms with Crippen molar-refractivity contribution in [1.29, 1.82) is 0 Å². The van der Waals surface area contributed by atoms with Gasteiger partial charge < -0.3 is 0 Å². The van der Waals surface area contributed by atoms with Crippen LogP contribution in [0.2, 0.25) is 0 Å². The van der Waals surface area contributed by atoms with E-state index in [9.17, 15) is 0 Å². The number of hydrogen-bond donors (Lipinski definition) is 0. The Hall–Kier alpha value is -6.76. The van der Waals surface area contributed by atoms with Crippen LogP contribution in [0.4, 0.5) is 0 Å². The second kappa shape index (κ2) is 10.2. The standard InChI is InChI=1S/C53H32/c1-3-34-49-31(2)42-28-33-17-5-7-19-36(33)51(43-29-32-16-4-6-18-35(32)37-20-8-9-21-38(37)43)52(42)44(49)30-48-50(34)41-24-12-15-27-47(41)53(48)45-25-13-10-22-39(45)40-23-11-14-26-46(40)53/h3-30H,1-2H2. The van der Waals surface area contributed by atoms with Gasteiger partial charge in [-0.3, -0.25) is 0 Å². The zero-order valence-electron chi connectivity index (χ0n) is 29.1. The summed E-state index contributed by atoms with van der Waals surface area (Å²) in [6, 6.07) is 61.1. The summed E-state index contributed by atoms with van der Waals surface area (Å²) in [5.41, 5.74) is 19.7. The van der Waals surface area contributed by atoms with Gasteiger partial charge in [-0.2, -0.15) is 0 Å². The van der Waals surface area contributed by atoms with E-state index in [-0.39, 0.29) is 0 Å². The highest BCUT2D eigenvalue weighted by Gasteiger charge is 2.53. The van der Waals surface area contributed by atoms with E-state index < -0.39 is 5.41 Å². The predicted octanol–water partition coefficient (Wildman–Crippen LogP) is 13.8. The summed E-state index contributed by atoms with van der Waals surface area (Å²) < 4.78 is 0. The molecule has 0 aliphatic heterocycles. The molecule has 0 nitrogen and oxygen atoms in total. The topological polar surface area (TPSA) is 0 Å². The molecule has 0 heterocycles. The van der Waals surface area contributed by atoms with Crippen LogP contribution in [0.1, 0.15) is 38.9 Å². The first-order valence-corrected chi connectivity index (χ1v) is 18.5. The molecule has 0 fully saturated rings. The molecule has 0 radical (unpaired) electrons. The second-order valence-electron chi connectivity index (χ2n) is 14.8. The predicted molar refractivity (Wildman–Crippen MR) is 224 cm³/mol. The molecule has 12 rings (SSSR count). The first kappa shape index (κ1) is 28.9. The van der Waals surface area contributed by atoms with Crippen molar-refractivity contribution in [3.8, 4) is 44.5 Å². The summed E-state index contributed by atoms with van der Waals surface area (Å²) in [4.78, 5) is 0. The van der Waals surface area contributed by atoms with Gasteiger partial charge in [0.25, 0.3) is 0 Å². The van der Waals surface area contributed by atoms with Gasteiger partial charge in [0.15, 0.2) is 0 Å². The Bertz CT molecular complexity index is 3100. The van der Waals surface area contributed by atoms with Crippen molar-refractivity contribution in [2.24, 2.45) is 0 Å². The van der Waals surface area contributed by atoms with Gasteiger partial charge in [-0.1, -0.05) is 165 Å². The molecule has 1 spiro atoms. The summed E-state index contributed by atoms with van der Waals surface area (Å²) in [6.07, 6.45) is 2.10. The van der Waals surface area contributed by atoms with E-state index in [1.165, 1.54) is 116 Å². The van der Waals surface area contributed by atoms with E-state index in [2.05, 4.69) is 176 Å². The fraction of sp³-hybridized carbons (Fsp3) is 0.0189. The van der Waals surface area contributed by atoms with Crippen LogP contribution in [0.15, 0.2) is 177 Å². The van der Waals surface area contributed by atoms with Gasteiger partial charge in [-0.15, -0.1) is 0 Å². The number of hydrogen-bond acceptors (Lipinski definition) is 0. The van der Waals surface area contributed by atoms with Gasteiger partial charge in [0.1, 0.15) is 0 Å². The molecule has 9 aromatic rings. The molecule has 3 aliphatic rings. The molecule has 0 bridgehead atoms. The second-order valence-corrected chi connectivity index (χ2v) is 14.8. The summed E-state index contributed by atoms with van der Waals surface area (Å²) in [5.74, 6) is 0. The van der Waals surface area contributed by atoms with Gasteiger partial charge in [-0.05, 0) is 140 Å². The van der Waals surface area contributed by atoms with Gasteiger partial charge in [0.05, 0.1) is 5.41 Å². The molecule has 9 aromatic carbocycles. The average molecular weight is 669 g/mol. The zero-order valence-corrected chi connectivity index (χ0v) is 29.1. The fourth-order valence-electron chi connectivity index (χ4n) is 10.5. The minimum atomic E-state index is -0.456. The Morgan fingerprint density at radius 1 is 0.358 bits per heavy atom. The maximum Gasteiger partial charge on any atom is 0.0725 e. The van der Waals surface area contributed by atoms with Gasteiger partial charge >= 0.3 is 0 Å². The molecule has 0 unspecified atom stereocenters. The first-order chi connectivity index (χ1) is 26.2. The van der Waals surface area contributed by atoms with Crippen molar-refractivity contribution < 1.29 is 0 Å². The average Bonchev–Trinajstić information content (AvgIpc) is 3.80. The van der Waals surface area contributed by atoms with Crippen molar-refractivity contribution in [2.45, 2.75) is 5.41 Å². The van der Waals surface area contributed by atoms with Crippen molar-refractivity contribution in [3.05, 3.63) is 216 Å². The lowest BCUT2D eigenvalue weighted by Gasteiger charge is -2.31. The molecule has 0 heteroatoms. The molecular formula is C53H32. The van der Waals surface area contributed by atoms with Gasteiger partial charge in [0.2, 0.25) is 0 Å². The molecule has 3 aliphatic carbocycles. The van der Waals surface area contributed by atoms with Crippen LogP contribution in [0.5, 0.6) is 0 Å². The highest BCUT2D eigenvalue weighted by molar-refractivity contribution is 6.22. The lowest BCUT2D eigenvalue weighted by Crippen LogP contribution is -2.26. The zero-order chi connectivity index (χ0) is 35.0. The maximum absolute atomic E-state index is 4.89. The van der Waals surface area contributed by atoms with E-state index in [1.54, 1.807) is 0 Å². The third-order valence-electron chi connectivity index (χ3n) is 12.5. The van der Waals surface area contributed by atoms with E-state index in [0.717, 1.165) is 5.57 Å². The lowest BCUT2D eigenvalue weighted by atomic mass is 9.70. The van der Waals surface area contributed by atoms with Crippen LogP contribution < -0.4 is 0 Å². The van der Waals surface area contributed by atoms with Crippen LogP contribution in [-0.2, 0) is 5.41 Å². The monoisotopic (exact) mass is 668 g/mol. The van der Waals surface area contributed by atoms with Crippen molar-refractivity contribution in [3.63, 3.8) is 0 Å². The number of benzene rings is 9. The van der Waals surface area contributed by atoms with E-state index in [4.69, 9.17) is 6.58 Å². The van der Waals surface area contributed by atoms with E-state index in [1.807, 2.05) is 0 Å². The van der Waals surface area contributed by atoms with Crippen LogP contribution in [0, 0.1) is 0 Å².